The van der Waals surface area contributed by atoms with E-state index in [1.165, 1.54) is 0 Å². The van der Waals surface area contributed by atoms with Crippen LogP contribution in [0.15, 0.2) is 47.7 Å². The zero-order valence-electron chi connectivity index (χ0n) is 8.74. The molecule has 0 fully saturated rings. The first kappa shape index (κ1) is 10.2. The van der Waals surface area contributed by atoms with Gasteiger partial charge >= 0.3 is 0 Å². The monoisotopic (exact) mass is 215 g/mol. The van der Waals surface area contributed by atoms with Crippen LogP contribution in [0, 0.1) is 0 Å². The lowest BCUT2D eigenvalue weighted by Crippen LogP contribution is -2.22. The molecule has 0 unspecified atom stereocenters. The molecule has 5 heteroatoms. The molecule has 5 nitrogen and oxygen atoms in total. The molecule has 0 aliphatic heterocycles. The summed E-state index contributed by atoms with van der Waals surface area (Å²) in [6, 6.07) is 9.73. The molecule has 1 heterocycles. The third kappa shape index (κ3) is 2.20. The molecule has 0 saturated heterocycles. The minimum Gasteiger partial charge on any atom is -0.370 e. The molecule has 2 rings (SSSR count). The summed E-state index contributed by atoms with van der Waals surface area (Å²) in [5, 5.41) is 4.18. The molecule has 0 radical (unpaired) electrons. The van der Waals surface area contributed by atoms with Crippen molar-refractivity contribution in [2.75, 3.05) is 0 Å². The van der Waals surface area contributed by atoms with E-state index < -0.39 is 0 Å². The van der Waals surface area contributed by atoms with Crippen molar-refractivity contribution in [1.82, 2.24) is 9.78 Å². The Kier molecular flexibility index (Phi) is 2.86. The normalized spacial score (nSPS) is 10.0. The second kappa shape index (κ2) is 4.48. The molecule has 1 aromatic carbocycles. The second-order valence-corrected chi connectivity index (χ2v) is 3.32. The van der Waals surface area contributed by atoms with Gasteiger partial charge in [-0.2, -0.15) is 5.10 Å². The van der Waals surface area contributed by atoms with E-state index in [1.54, 1.807) is 10.9 Å². The van der Waals surface area contributed by atoms with Gasteiger partial charge in [0.05, 0.1) is 12.2 Å². The Morgan fingerprint density at radius 3 is 2.75 bits per heavy atom. The van der Waals surface area contributed by atoms with Crippen molar-refractivity contribution in [2.45, 2.75) is 6.54 Å². The smallest absolute Gasteiger partial charge is 0.186 e. The first-order valence-electron chi connectivity index (χ1n) is 4.90. The van der Waals surface area contributed by atoms with Gasteiger partial charge in [-0.05, 0) is 17.7 Å². The average Bonchev–Trinajstić information content (AvgIpc) is 2.80. The zero-order chi connectivity index (χ0) is 11.4. The summed E-state index contributed by atoms with van der Waals surface area (Å²) in [5.74, 6) is 0.0928. The van der Waals surface area contributed by atoms with Crippen LogP contribution < -0.4 is 11.5 Å². The molecule has 4 N–H and O–H groups in total. The summed E-state index contributed by atoms with van der Waals surface area (Å²) in [6.45, 7) is 0.457. The van der Waals surface area contributed by atoms with E-state index in [-0.39, 0.29) is 5.96 Å². The Morgan fingerprint density at radius 1 is 1.25 bits per heavy atom. The molecule has 82 valence electrons. The molecule has 0 amide bonds. The maximum absolute atomic E-state index is 5.31. The molecule has 0 aliphatic carbocycles. The van der Waals surface area contributed by atoms with Crippen molar-refractivity contribution in [1.29, 1.82) is 0 Å². The first-order valence-corrected chi connectivity index (χ1v) is 4.90. The SMILES string of the molecule is NC(N)=NCc1ccccc1-n1cccn1. The lowest BCUT2D eigenvalue weighted by molar-refractivity contribution is 0.858. The average molecular weight is 215 g/mol. The summed E-state index contributed by atoms with van der Waals surface area (Å²) < 4.78 is 1.79. The van der Waals surface area contributed by atoms with Gasteiger partial charge in [-0.1, -0.05) is 18.2 Å². The predicted molar refractivity (Wildman–Crippen MR) is 63.1 cm³/mol. The topological polar surface area (TPSA) is 82.2 Å². The van der Waals surface area contributed by atoms with E-state index >= 15 is 0 Å². The van der Waals surface area contributed by atoms with Crippen LogP contribution in [0.1, 0.15) is 5.56 Å². The number of para-hydroxylation sites is 1. The third-order valence-corrected chi connectivity index (χ3v) is 2.17. The molecule has 1 aromatic heterocycles. The molecule has 0 bridgehead atoms. The maximum Gasteiger partial charge on any atom is 0.186 e. The summed E-state index contributed by atoms with van der Waals surface area (Å²) in [5.41, 5.74) is 12.6. The van der Waals surface area contributed by atoms with E-state index in [2.05, 4.69) is 10.1 Å². The van der Waals surface area contributed by atoms with Gasteiger partial charge in [-0.25, -0.2) is 9.67 Å². The van der Waals surface area contributed by atoms with E-state index in [0.29, 0.717) is 6.54 Å². The number of aromatic nitrogens is 2. The van der Waals surface area contributed by atoms with Crippen molar-refractivity contribution < 1.29 is 0 Å². The van der Waals surface area contributed by atoms with Gasteiger partial charge in [0.1, 0.15) is 0 Å². The van der Waals surface area contributed by atoms with E-state index in [1.807, 2.05) is 36.5 Å². The van der Waals surface area contributed by atoms with Crippen molar-refractivity contribution >= 4 is 5.96 Å². The molecule has 16 heavy (non-hydrogen) atoms. The number of nitrogens with two attached hydrogens (primary N) is 2. The molecule has 0 atom stereocenters. The largest absolute Gasteiger partial charge is 0.370 e. The fraction of sp³-hybridized carbons (Fsp3) is 0.0909. The van der Waals surface area contributed by atoms with Crippen LogP contribution in [0.3, 0.4) is 0 Å². The second-order valence-electron chi connectivity index (χ2n) is 3.32. The third-order valence-electron chi connectivity index (χ3n) is 2.17. The first-order chi connectivity index (χ1) is 7.77. The van der Waals surface area contributed by atoms with Crippen molar-refractivity contribution in [3.8, 4) is 5.69 Å². The van der Waals surface area contributed by atoms with E-state index in [4.69, 9.17) is 11.5 Å². The lowest BCUT2D eigenvalue weighted by atomic mass is 10.2. The highest BCUT2D eigenvalue weighted by Gasteiger charge is 2.02. The quantitative estimate of drug-likeness (QED) is 0.582. The molecule has 0 saturated carbocycles. The number of nitrogens with zero attached hydrogens (tertiary/aromatic N) is 3. The fourth-order valence-electron chi connectivity index (χ4n) is 1.46. The Labute approximate surface area is 93.4 Å². The zero-order valence-corrected chi connectivity index (χ0v) is 8.74. The van der Waals surface area contributed by atoms with Gasteiger partial charge in [0, 0.05) is 12.4 Å². The van der Waals surface area contributed by atoms with Gasteiger partial charge in [-0.3, -0.25) is 0 Å². The standard InChI is InChI=1S/C11H13N5/c12-11(13)14-8-9-4-1-2-5-10(9)16-7-3-6-15-16/h1-7H,8H2,(H4,12,13,14). The number of aliphatic imine (C=N–C) groups is 1. The molecule has 0 spiro atoms. The molecule has 0 aliphatic rings. The Bertz CT molecular complexity index is 483. The molecular formula is C11H13N5. The number of rotatable bonds is 3. The summed E-state index contributed by atoms with van der Waals surface area (Å²) in [6.07, 6.45) is 3.62. The fourth-order valence-corrected chi connectivity index (χ4v) is 1.46. The van der Waals surface area contributed by atoms with E-state index in [0.717, 1.165) is 11.3 Å². The van der Waals surface area contributed by atoms with Crippen LogP contribution >= 0.6 is 0 Å². The lowest BCUT2D eigenvalue weighted by Gasteiger charge is -2.07. The number of benzene rings is 1. The predicted octanol–water partition coefficient (Wildman–Crippen LogP) is 0.646. The highest BCUT2D eigenvalue weighted by molar-refractivity contribution is 5.75. The number of guanidine groups is 1. The summed E-state index contributed by atoms with van der Waals surface area (Å²) >= 11 is 0. The van der Waals surface area contributed by atoms with Crippen LogP contribution in [-0.2, 0) is 6.54 Å². The highest BCUT2D eigenvalue weighted by Crippen LogP contribution is 2.14. The van der Waals surface area contributed by atoms with Crippen LogP contribution in [0.2, 0.25) is 0 Å². The van der Waals surface area contributed by atoms with Crippen molar-refractivity contribution in [3.63, 3.8) is 0 Å². The Hall–Kier alpha value is -2.30. The van der Waals surface area contributed by atoms with Gasteiger partial charge in [0.2, 0.25) is 0 Å². The Morgan fingerprint density at radius 2 is 2.06 bits per heavy atom. The van der Waals surface area contributed by atoms with Gasteiger partial charge in [0.25, 0.3) is 0 Å². The minimum atomic E-state index is 0.0928. The summed E-state index contributed by atoms with van der Waals surface area (Å²) in [4.78, 5) is 4.00. The van der Waals surface area contributed by atoms with Gasteiger partial charge in [0.15, 0.2) is 5.96 Å². The van der Waals surface area contributed by atoms with Gasteiger partial charge in [-0.15, -0.1) is 0 Å². The van der Waals surface area contributed by atoms with Crippen molar-refractivity contribution in [2.24, 2.45) is 16.5 Å². The van der Waals surface area contributed by atoms with Crippen LogP contribution in [-0.4, -0.2) is 15.7 Å². The van der Waals surface area contributed by atoms with Crippen LogP contribution in [0.25, 0.3) is 5.69 Å². The Balaban J connectivity index is 2.35. The van der Waals surface area contributed by atoms with Crippen molar-refractivity contribution in [3.05, 3.63) is 48.3 Å². The summed E-state index contributed by atoms with van der Waals surface area (Å²) in [7, 11) is 0. The number of hydrogen-bond acceptors (Lipinski definition) is 2. The molecule has 2 aromatic rings. The van der Waals surface area contributed by atoms with Crippen LogP contribution in [0.5, 0.6) is 0 Å². The van der Waals surface area contributed by atoms with Crippen LogP contribution in [0.4, 0.5) is 0 Å². The highest BCUT2D eigenvalue weighted by atomic mass is 15.3. The van der Waals surface area contributed by atoms with E-state index in [9.17, 15) is 0 Å². The van der Waals surface area contributed by atoms with Gasteiger partial charge < -0.3 is 11.5 Å². The minimum absolute atomic E-state index is 0.0928. The molecular weight excluding hydrogens is 202 g/mol. The number of hydrogen-bond donors (Lipinski definition) is 2. The maximum atomic E-state index is 5.31.